The maximum Gasteiger partial charge on any atom is 0.273 e. The number of hydrogen-bond acceptors (Lipinski definition) is 7. The summed E-state index contributed by atoms with van der Waals surface area (Å²) in [7, 11) is 0. The number of non-ortho nitro benzene ring substituents is 1. The molecule has 1 saturated heterocycles. The molecule has 0 bridgehead atoms. The lowest BCUT2D eigenvalue weighted by Gasteiger charge is -2.30. The zero-order chi connectivity index (χ0) is 29.3. The van der Waals surface area contributed by atoms with Crippen LogP contribution in [-0.4, -0.2) is 45.0 Å². The predicted molar refractivity (Wildman–Crippen MR) is 148 cm³/mol. The van der Waals surface area contributed by atoms with Gasteiger partial charge in [0, 0.05) is 28.3 Å². The van der Waals surface area contributed by atoms with Gasteiger partial charge >= 0.3 is 0 Å². The fraction of sp³-hybridized carbons (Fsp3) is 0.200. The number of fused-ring (bicyclic) bond motifs is 1. The molecule has 2 atom stereocenters. The van der Waals surface area contributed by atoms with E-state index in [1.54, 1.807) is 0 Å². The van der Waals surface area contributed by atoms with Crippen LogP contribution in [0.3, 0.4) is 0 Å². The van der Waals surface area contributed by atoms with Gasteiger partial charge in [-0.05, 0) is 80.4 Å². The maximum absolute atomic E-state index is 13.6. The Labute approximate surface area is 239 Å². The number of Topliss-reactive ketones (excluding diaryl/α,β-unsaturated/α-hetero) is 1. The molecule has 5 rings (SSSR count). The van der Waals surface area contributed by atoms with Crippen LogP contribution in [0.15, 0.2) is 84.4 Å². The minimum Gasteiger partial charge on any atom is -0.457 e. The lowest BCUT2D eigenvalue weighted by Crippen LogP contribution is -2.52. The highest BCUT2D eigenvalue weighted by molar-refractivity contribution is 6.30. The number of hydrogen-bond donors (Lipinski definition) is 0. The summed E-state index contributed by atoms with van der Waals surface area (Å²) in [6.07, 6.45) is 2.73. The molecule has 3 amide bonds. The number of rotatable bonds is 8. The van der Waals surface area contributed by atoms with Gasteiger partial charge in [-0.3, -0.25) is 29.3 Å². The summed E-state index contributed by atoms with van der Waals surface area (Å²) in [6, 6.07) is 17.6. The van der Waals surface area contributed by atoms with Crippen molar-refractivity contribution in [2.75, 3.05) is 6.54 Å². The predicted octanol–water partition coefficient (Wildman–Crippen LogP) is 5.62. The van der Waals surface area contributed by atoms with Crippen LogP contribution in [0.5, 0.6) is 11.5 Å². The van der Waals surface area contributed by atoms with Crippen LogP contribution in [-0.2, 0) is 9.59 Å². The molecule has 3 aromatic carbocycles. The monoisotopic (exact) mass is 573 g/mol. The van der Waals surface area contributed by atoms with E-state index in [1.165, 1.54) is 72.8 Å². The zero-order valence-electron chi connectivity index (χ0n) is 21.9. The number of nitrogens with zero attached hydrogens (tertiary/aromatic N) is 3. The molecule has 10 nitrogen and oxygen atoms in total. The Morgan fingerprint density at radius 2 is 1.49 bits per heavy atom. The number of ketones is 1. The Bertz CT molecular complexity index is 1570. The van der Waals surface area contributed by atoms with Gasteiger partial charge in [-0.15, -0.1) is 0 Å². The summed E-state index contributed by atoms with van der Waals surface area (Å²) in [4.78, 5) is 64.1. The number of benzene rings is 3. The smallest absolute Gasteiger partial charge is 0.273 e. The third-order valence-corrected chi connectivity index (χ3v) is 7.37. The molecular formula is C30H24ClN3O7. The lowest BCUT2D eigenvalue weighted by atomic mass is 9.82. The second-order valence-corrected chi connectivity index (χ2v) is 10.3. The van der Waals surface area contributed by atoms with Crippen molar-refractivity contribution in [1.82, 2.24) is 10.0 Å². The highest BCUT2D eigenvalue weighted by atomic mass is 35.5. The van der Waals surface area contributed by atoms with E-state index in [0.29, 0.717) is 29.4 Å². The van der Waals surface area contributed by atoms with Crippen molar-refractivity contribution < 1.29 is 28.8 Å². The van der Waals surface area contributed by atoms with E-state index in [4.69, 9.17) is 16.3 Å². The third kappa shape index (κ3) is 5.73. The molecule has 1 heterocycles. The normalized spacial score (nSPS) is 18.0. The molecule has 11 heteroatoms. The molecule has 0 N–H and O–H groups in total. The van der Waals surface area contributed by atoms with Crippen LogP contribution < -0.4 is 4.74 Å². The second kappa shape index (κ2) is 11.3. The van der Waals surface area contributed by atoms with Crippen LogP contribution in [0.25, 0.3) is 0 Å². The van der Waals surface area contributed by atoms with E-state index in [9.17, 15) is 29.3 Å². The van der Waals surface area contributed by atoms with E-state index in [1.807, 2.05) is 13.0 Å². The molecule has 1 aliphatic carbocycles. The molecule has 1 fully saturated rings. The van der Waals surface area contributed by atoms with Crippen LogP contribution in [0.1, 0.15) is 40.5 Å². The molecule has 2 aliphatic rings. The first-order valence-electron chi connectivity index (χ1n) is 12.8. The van der Waals surface area contributed by atoms with Gasteiger partial charge in [0.1, 0.15) is 18.0 Å². The highest BCUT2D eigenvalue weighted by Gasteiger charge is 2.51. The van der Waals surface area contributed by atoms with Gasteiger partial charge in [0.2, 0.25) is 0 Å². The molecule has 0 unspecified atom stereocenters. The topological polar surface area (TPSA) is 127 Å². The number of halogens is 1. The molecule has 0 radical (unpaired) electrons. The molecule has 1 aliphatic heterocycles. The molecule has 208 valence electrons. The van der Waals surface area contributed by atoms with Gasteiger partial charge in [0.05, 0.1) is 16.8 Å². The quantitative estimate of drug-likeness (QED) is 0.112. The van der Waals surface area contributed by atoms with Crippen LogP contribution >= 0.6 is 11.6 Å². The standard InChI is InChI=1S/C30H24ClN3O7/c1-18-2-15-25-26(16-18)30(38)33(29(25)37)32(28(36)20-3-7-21(31)8-4-20)17-27(35)19-5-11-23(12-6-19)41-24-13-9-22(10-14-24)34(39)40/h2-14,25-26H,15-17H2,1H3/t25-,26+/m0/s1. The number of ether oxygens (including phenoxy) is 1. The van der Waals surface area contributed by atoms with Gasteiger partial charge in [0.15, 0.2) is 5.78 Å². The number of amides is 3. The fourth-order valence-corrected chi connectivity index (χ4v) is 5.07. The van der Waals surface area contributed by atoms with Crippen molar-refractivity contribution in [3.63, 3.8) is 0 Å². The Kier molecular flexibility index (Phi) is 7.67. The van der Waals surface area contributed by atoms with Crippen molar-refractivity contribution in [2.45, 2.75) is 19.8 Å². The number of carbonyl (C=O) groups excluding carboxylic acids is 4. The fourth-order valence-electron chi connectivity index (χ4n) is 4.94. The Balaban J connectivity index is 1.37. The molecule has 0 saturated carbocycles. The Hall–Kier alpha value is -4.83. The largest absolute Gasteiger partial charge is 0.457 e. The first-order chi connectivity index (χ1) is 19.6. The van der Waals surface area contributed by atoms with E-state index >= 15 is 0 Å². The average Bonchev–Trinajstić information content (AvgIpc) is 3.20. The Morgan fingerprint density at radius 3 is 2.10 bits per heavy atom. The summed E-state index contributed by atoms with van der Waals surface area (Å²) in [5.41, 5.74) is 1.32. The van der Waals surface area contributed by atoms with Gasteiger partial charge in [-0.2, -0.15) is 5.01 Å². The molecule has 0 aromatic heterocycles. The van der Waals surface area contributed by atoms with E-state index in [2.05, 4.69) is 0 Å². The average molecular weight is 574 g/mol. The first kappa shape index (κ1) is 27.7. The van der Waals surface area contributed by atoms with Crippen molar-refractivity contribution in [1.29, 1.82) is 0 Å². The number of nitro groups is 1. The highest BCUT2D eigenvalue weighted by Crippen LogP contribution is 2.38. The van der Waals surface area contributed by atoms with Crippen LogP contribution in [0.4, 0.5) is 5.69 Å². The Morgan fingerprint density at radius 1 is 0.927 bits per heavy atom. The SMILES string of the molecule is CC1=CC[C@@H]2C(=O)N(N(CC(=O)c3ccc(Oc4ccc([N+](=O)[O-])cc4)cc3)C(=O)c3ccc(Cl)cc3)C(=O)[C@@H]2C1. The van der Waals surface area contributed by atoms with Crippen molar-refractivity contribution in [3.8, 4) is 11.5 Å². The van der Waals surface area contributed by atoms with E-state index in [-0.39, 0.29) is 16.8 Å². The summed E-state index contributed by atoms with van der Waals surface area (Å²) in [6.45, 7) is 1.35. The van der Waals surface area contributed by atoms with Crippen LogP contribution in [0, 0.1) is 22.0 Å². The summed E-state index contributed by atoms with van der Waals surface area (Å²) in [5, 5.41) is 13.0. The summed E-state index contributed by atoms with van der Waals surface area (Å²) in [5.74, 6) is -2.62. The lowest BCUT2D eigenvalue weighted by molar-refractivity contribution is -0.384. The number of hydrazine groups is 1. The third-order valence-electron chi connectivity index (χ3n) is 7.12. The van der Waals surface area contributed by atoms with Gasteiger partial charge < -0.3 is 4.74 Å². The summed E-state index contributed by atoms with van der Waals surface area (Å²) < 4.78 is 5.70. The summed E-state index contributed by atoms with van der Waals surface area (Å²) >= 11 is 5.97. The van der Waals surface area contributed by atoms with Gasteiger partial charge in [-0.1, -0.05) is 23.3 Å². The van der Waals surface area contributed by atoms with Crippen molar-refractivity contribution >= 4 is 40.8 Å². The minimum atomic E-state index is -0.682. The molecule has 0 spiro atoms. The first-order valence-corrected chi connectivity index (χ1v) is 13.2. The molecular weight excluding hydrogens is 550 g/mol. The van der Waals surface area contributed by atoms with E-state index in [0.717, 1.165) is 15.6 Å². The van der Waals surface area contributed by atoms with Gasteiger partial charge in [-0.25, -0.2) is 5.01 Å². The minimum absolute atomic E-state index is 0.0726. The number of allylic oxidation sites excluding steroid dienone is 2. The van der Waals surface area contributed by atoms with Crippen molar-refractivity contribution in [3.05, 3.63) is 111 Å². The second-order valence-electron chi connectivity index (χ2n) is 9.86. The van der Waals surface area contributed by atoms with Crippen molar-refractivity contribution in [2.24, 2.45) is 11.8 Å². The number of carbonyl (C=O) groups is 4. The van der Waals surface area contributed by atoms with Gasteiger partial charge in [0.25, 0.3) is 23.4 Å². The zero-order valence-corrected chi connectivity index (χ0v) is 22.6. The maximum atomic E-state index is 13.6. The number of nitro benzene ring substituents is 1. The molecule has 41 heavy (non-hydrogen) atoms. The number of imide groups is 1. The van der Waals surface area contributed by atoms with E-state index < -0.39 is 46.8 Å². The molecule has 3 aromatic rings. The van der Waals surface area contributed by atoms with Crippen LogP contribution in [0.2, 0.25) is 5.02 Å².